The number of esters is 1. The van der Waals surface area contributed by atoms with Gasteiger partial charge in [-0.15, -0.1) is 0 Å². The third-order valence-corrected chi connectivity index (χ3v) is 5.70. The SMILES string of the molecule is CCCNC1CC2=CC(=O)O[C@@]23C[C@@H]1N1CCCC[C@@H]13. The lowest BCUT2D eigenvalue weighted by molar-refractivity contribution is -0.148. The van der Waals surface area contributed by atoms with E-state index in [2.05, 4.69) is 17.1 Å². The second-order valence-corrected chi connectivity index (χ2v) is 6.77. The van der Waals surface area contributed by atoms with Gasteiger partial charge in [-0.3, -0.25) is 4.90 Å². The molecule has 1 aliphatic carbocycles. The van der Waals surface area contributed by atoms with Crippen LogP contribution in [0.25, 0.3) is 0 Å². The second kappa shape index (κ2) is 4.57. The highest BCUT2D eigenvalue weighted by Gasteiger charge is 2.63. The maximum Gasteiger partial charge on any atom is 0.331 e. The summed E-state index contributed by atoms with van der Waals surface area (Å²) in [6.45, 7) is 4.45. The molecule has 20 heavy (non-hydrogen) atoms. The van der Waals surface area contributed by atoms with Gasteiger partial charge in [0.05, 0.1) is 6.04 Å². The first-order chi connectivity index (χ1) is 9.74. The maximum atomic E-state index is 11.8. The first-order valence-electron chi connectivity index (χ1n) is 8.18. The van der Waals surface area contributed by atoms with E-state index in [-0.39, 0.29) is 11.6 Å². The summed E-state index contributed by atoms with van der Waals surface area (Å²) in [5.41, 5.74) is 1.01. The van der Waals surface area contributed by atoms with Crippen LogP contribution in [0.2, 0.25) is 0 Å². The summed E-state index contributed by atoms with van der Waals surface area (Å²) in [6, 6.07) is 1.48. The number of nitrogens with one attached hydrogen (secondary N) is 1. The molecule has 1 saturated carbocycles. The number of rotatable bonds is 3. The summed E-state index contributed by atoms with van der Waals surface area (Å²) in [6.07, 6.45) is 8.69. The normalized spacial score (nSPS) is 43.0. The Balaban J connectivity index is 1.68. The van der Waals surface area contributed by atoms with Crippen LogP contribution >= 0.6 is 0 Å². The molecule has 4 aliphatic rings. The van der Waals surface area contributed by atoms with Crippen molar-refractivity contribution in [3.63, 3.8) is 0 Å². The third-order valence-electron chi connectivity index (χ3n) is 5.70. The first-order valence-corrected chi connectivity index (χ1v) is 8.18. The molecule has 4 nitrogen and oxygen atoms in total. The summed E-state index contributed by atoms with van der Waals surface area (Å²) in [7, 11) is 0. The van der Waals surface area contributed by atoms with Crippen LogP contribution in [0.4, 0.5) is 0 Å². The minimum Gasteiger partial charge on any atom is -0.450 e. The van der Waals surface area contributed by atoms with E-state index in [0.29, 0.717) is 18.1 Å². The second-order valence-electron chi connectivity index (χ2n) is 6.77. The monoisotopic (exact) mass is 276 g/mol. The fourth-order valence-corrected chi connectivity index (χ4v) is 4.93. The lowest BCUT2D eigenvalue weighted by Crippen LogP contribution is -2.50. The van der Waals surface area contributed by atoms with Crippen LogP contribution in [-0.4, -0.2) is 47.7 Å². The summed E-state index contributed by atoms with van der Waals surface area (Å²) in [5, 5.41) is 3.71. The summed E-state index contributed by atoms with van der Waals surface area (Å²) >= 11 is 0. The number of hydrogen-bond donors (Lipinski definition) is 1. The third kappa shape index (κ3) is 1.64. The molecule has 4 rings (SSSR count). The van der Waals surface area contributed by atoms with Crippen molar-refractivity contribution in [2.45, 2.75) is 69.2 Å². The Labute approximate surface area is 120 Å². The van der Waals surface area contributed by atoms with Gasteiger partial charge < -0.3 is 10.1 Å². The zero-order valence-corrected chi connectivity index (χ0v) is 12.2. The van der Waals surface area contributed by atoms with Gasteiger partial charge in [0.15, 0.2) is 5.60 Å². The molecule has 2 saturated heterocycles. The number of carbonyl (C=O) groups is 1. The Morgan fingerprint density at radius 2 is 2.40 bits per heavy atom. The fourth-order valence-electron chi connectivity index (χ4n) is 4.93. The average Bonchev–Trinajstić information content (AvgIpc) is 2.93. The molecule has 0 aromatic carbocycles. The minimum absolute atomic E-state index is 0.109. The molecule has 0 amide bonds. The Kier molecular flexibility index (Phi) is 2.93. The van der Waals surface area contributed by atoms with E-state index < -0.39 is 0 Å². The molecule has 4 heteroatoms. The molecule has 2 bridgehead atoms. The highest BCUT2D eigenvalue weighted by Crippen LogP contribution is 2.53. The molecule has 3 fully saturated rings. The van der Waals surface area contributed by atoms with Crippen LogP contribution < -0.4 is 5.32 Å². The Morgan fingerprint density at radius 1 is 1.50 bits per heavy atom. The van der Waals surface area contributed by atoms with Crippen molar-refractivity contribution in [2.75, 3.05) is 13.1 Å². The van der Waals surface area contributed by atoms with Gasteiger partial charge in [0, 0.05) is 24.6 Å². The maximum absolute atomic E-state index is 11.8. The standard InChI is InChI=1S/C16H24N2O2/c1-2-6-17-12-8-11-9-15(19)20-16(11)10-13(12)18-7-4-3-5-14(16)18/h9,12-14,17H,2-8,10H2,1H3/t12?,13-,14+,16-/m0/s1. The molecule has 1 spiro atoms. The Bertz CT molecular complexity index is 461. The molecule has 110 valence electrons. The molecular formula is C16H24N2O2. The van der Waals surface area contributed by atoms with Crippen LogP contribution in [0, 0.1) is 0 Å². The lowest BCUT2D eigenvalue weighted by Gasteiger charge is -2.38. The van der Waals surface area contributed by atoms with Crippen molar-refractivity contribution in [2.24, 2.45) is 0 Å². The topological polar surface area (TPSA) is 41.6 Å². The number of ether oxygens (including phenoxy) is 1. The predicted octanol–water partition coefficient (Wildman–Crippen LogP) is 1.61. The molecule has 3 aliphatic heterocycles. The highest BCUT2D eigenvalue weighted by atomic mass is 16.6. The zero-order valence-electron chi connectivity index (χ0n) is 12.2. The van der Waals surface area contributed by atoms with E-state index in [4.69, 9.17) is 4.74 Å². The summed E-state index contributed by atoms with van der Waals surface area (Å²) < 4.78 is 5.87. The molecule has 3 heterocycles. The number of fused-ring (bicyclic) bond motifs is 3. The predicted molar refractivity (Wildman–Crippen MR) is 76.4 cm³/mol. The van der Waals surface area contributed by atoms with Crippen molar-refractivity contribution in [1.82, 2.24) is 10.2 Å². The van der Waals surface area contributed by atoms with Crippen molar-refractivity contribution in [3.05, 3.63) is 11.6 Å². The lowest BCUT2D eigenvalue weighted by atomic mass is 9.75. The quantitative estimate of drug-likeness (QED) is 0.795. The Hall–Kier alpha value is -0.870. The molecule has 1 N–H and O–H groups in total. The van der Waals surface area contributed by atoms with E-state index in [0.717, 1.165) is 25.8 Å². The molecular weight excluding hydrogens is 252 g/mol. The van der Waals surface area contributed by atoms with Gasteiger partial charge in [0.25, 0.3) is 0 Å². The van der Waals surface area contributed by atoms with Crippen LogP contribution in [-0.2, 0) is 9.53 Å². The molecule has 0 radical (unpaired) electrons. The van der Waals surface area contributed by atoms with Crippen molar-refractivity contribution in [3.8, 4) is 0 Å². The number of hydrogen-bond acceptors (Lipinski definition) is 4. The van der Waals surface area contributed by atoms with E-state index in [1.165, 1.54) is 31.4 Å². The van der Waals surface area contributed by atoms with Gasteiger partial charge in [0.2, 0.25) is 0 Å². The minimum atomic E-state index is -0.257. The van der Waals surface area contributed by atoms with E-state index in [1.807, 2.05) is 0 Å². The van der Waals surface area contributed by atoms with Crippen LogP contribution in [0.3, 0.4) is 0 Å². The van der Waals surface area contributed by atoms with Gasteiger partial charge in [-0.2, -0.15) is 0 Å². The summed E-state index contributed by atoms with van der Waals surface area (Å²) in [4.78, 5) is 14.5. The van der Waals surface area contributed by atoms with Crippen molar-refractivity contribution < 1.29 is 9.53 Å². The van der Waals surface area contributed by atoms with Crippen molar-refractivity contribution >= 4 is 5.97 Å². The molecule has 1 unspecified atom stereocenters. The van der Waals surface area contributed by atoms with Gasteiger partial charge in [-0.1, -0.05) is 13.3 Å². The summed E-state index contributed by atoms with van der Waals surface area (Å²) in [5.74, 6) is -0.109. The number of carbonyl (C=O) groups excluding carboxylic acids is 1. The highest BCUT2D eigenvalue weighted by molar-refractivity contribution is 5.87. The van der Waals surface area contributed by atoms with E-state index in [1.54, 1.807) is 6.08 Å². The smallest absolute Gasteiger partial charge is 0.331 e. The van der Waals surface area contributed by atoms with Crippen LogP contribution in [0.15, 0.2) is 11.6 Å². The number of piperidine rings is 1. The first kappa shape index (κ1) is 12.8. The van der Waals surface area contributed by atoms with E-state index >= 15 is 0 Å². The molecule has 4 atom stereocenters. The van der Waals surface area contributed by atoms with E-state index in [9.17, 15) is 4.79 Å². The average molecular weight is 276 g/mol. The van der Waals surface area contributed by atoms with Gasteiger partial charge in [0.1, 0.15) is 0 Å². The van der Waals surface area contributed by atoms with Crippen LogP contribution in [0.5, 0.6) is 0 Å². The Morgan fingerprint density at radius 3 is 3.25 bits per heavy atom. The number of nitrogens with zero attached hydrogens (tertiary/aromatic N) is 1. The molecule has 0 aromatic heterocycles. The zero-order chi connectivity index (χ0) is 13.7. The fraction of sp³-hybridized carbons (Fsp3) is 0.812. The molecule has 0 aromatic rings. The van der Waals surface area contributed by atoms with Crippen molar-refractivity contribution in [1.29, 1.82) is 0 Å². The van der Waals surface area contributed by atoms with Gasteiger partial charge in [-0.05, 0) is 44.3 Å². The van der Waals surface area contributed by atoms with Gasteiger partial charge >= 0.3 is 5.97 Å². The van der Waals surface area contributed by atoms with Gasteiger partial charge in [-0.25, -0.2) is 4.79 Å². The van der Waals surface area contributed by atoms with Crippen LogP contribution in [0.1, 0.15) is 45.4 Å². The largest absolute Gasteiger partial charge is 0.450 e.